The zero-order valence-corrected chi connectivity index (χ0v) is 13.3. The van der Waals surface area contributed by atoms with Gasteiger partial charge < -0.3 is 10.4 Å². The van der Waals surface area contributed by atoms with Crippen LogP contribution in [0.1, 0.15) is 11.1 Å². The van der Waals surface area contributed by atoms with E-state index in [4.69, 9.17) is 11.6 Å². The number of nitrogens with zero attached hydrogens (tertiary/aromatic N) is 1. The number of halogens is 4. The second-order valence-electron chi connectivity index (χ2n) is 5.66. The molecule has 128 valence electrons. The highest BCUT2D eigenvalue weighted by Gasteiger charge is 2.37. The van der Waals surface area contributed by atoms with E-state index >= 15 is 0 Å². The summed E-state index contributed by atoms with van der Waals surface area (Å²) in [5, 5.41) is 12.2. The van der Waals surface area contributed by atoms with Gasteiger partial charge in [-0.25, -0.2) is 0 Å². The third-order valence-electron chi connectivity index (χ3n) is 4.10. The van der Waals surface area contributed by atoms with E-state index in [2.05, 4.69) is 5.32 Å². The van der Waals surface area contributed by atoms with Crippen LogP contribution in [0.2, 0.25) is 5.02 Å². The first-order chi connectivity index (χ1) is 10.8. The number of benzene rings is 1. The van der Waals surface area contributed by atoms with Gasteiger partial charge in [0.05, 0.1) is 11.5 Å². The number of hydrogen-bond acceptors (Lipinski definition) is 3. The average Bonchev–Trinajstić information content (AvgIpc) is 2.90. The maximum absolute atomic E-state index is 12.8. The monoisotopic (exact) mass is 350 g/mol. The minimum absolute atomic E-state index is 0.148. The van der Waals surface area contributed by atoms with Crippen LogP contribution in [0.15, 0.2) is 18.2 Å². The Labute approximate surface area is 137 Å². The molecule has 1 aromatic rings. The maximum Gasteiger partial charge on any atom is 0.416 e. The molecule has 1 saturated heterocycles. The van der Waals surface area contributed by atoms with E-state index in [0.717, 1.165) is 12.1 Å². The molecular formula is C15H18ClF3N2O2. The number of carbonyl (C=O) groups is 1. The number of hydrogen-bond donors (Lipinski definition) is 2. The standard InChI is InChI=1S/C15H18ClF3N2O2/c1-20-14(23)12-7-21(6-10(12)8-22)5-9-4-11(15(17,18)19)2-3-13(9)16/h2-4,10,12,22H,5-8H2,1H3,(H,20,23)/t10-,12+/m0/s1. The van der Waals surface area contributed by atoms with Crippen LogP contribution < -0.4 is 5.32 Å². The minimum atomic E-state index is -4.43. The number of alkyl halides is 3. The smallest absolute Gasteiger partial charge is 0.396 e. The largest absolute Gasteiger partial charge is 0.416 e. The molecular weight excluding hydrogens is 333 g/mol. The molecule has 4 nitrogen and oxygen atoms in total. The van der Waals surface area contributed by atoms with Gasteiger partial charge in [-0.15, -0.1) is 0 Å². The average molecular weight is 351 g/mol. The number of likely N-dealkylation sites (tertiary alicyclic amines) is 1. The molecule has 0 unspecified atom stereocenters. The van der Waals surface area contributed by atoms with Crippen LogP contribution in [0, 0.1) is 11.8 Å². The van der Waals surface area contributed by atoms with E-state index in [0.29, 0.717) is 18.7 Å². The van der Waals surface area contributed by atoms with E-state index in [-0.39, 0.29) is 35.9 Å². The van der Waals surface area contributed by atoms with Crippen molar-refractivity contribution in [3.05, 3.63) is 34.3 Å². The highest BCUT2D eigenvalue weighted by molar-refractivity contribution is 6.31. The van der Waals surface area contributed by atoms with Crippen molar-refractivity contribution in [2.75, 3.05) is 26.7 Å². The van der Waals surface area contributed by atoms with E-state index < -0.39 is 11.7 Å². The number of amides is 1. The Morgan fingerprint density at radius 2 is 2.13 bits per heavy atom. The first-order valence-electron chi connectivity index (χ1n) is 7.16. The fourth-order valence-electron chi connectivity index (χ4n) is 2.87. The molecule has 23 heavy (non-hydrogen) atoms. The predicted molar refractivity (Wildman–Crippen MR) is 79.9 cm³/mol. The van der Waals surface area contributed by atoms with Crippen molar-refractivity contribution in [1.29, 1.82) is 0 Å². The van der Waals surface area contributed by atoms with Crippen LogP contribution in [-0.2, 0) is 17.5 Å². The summed E-state index contributed by atoms with van der Waals surface area (Å²) in [6.07, 6.45) is -4.43. The quantitative estimate of drug-likeness (QED) is 0.875. The summed E-state index contributed by atoms with van der Waals surface area (Å²) >= 11 is 6.00. The van der Waals surface area contributed by atoms with Crippen LogP contribution >= 0.6 is 11.6 Å². The number of aliphatic hydroxyl groups excluding tert-OH is 1. The SMILES string of the molecule is CNC(=O)[C@@H]1CN(Cc2cc(C(F)(F)F)ccc2Cl)C[C@H]1CO. The Bertz CT molecular complexity index is 580. The van der Waals surface area contributed by atoms with Gasteiger partial charge in [-0.2, -0.15) is 13.2 Å². The van der Waals surface area contributed by atoms with Gasteiger partial charge in [-0.05, 0) is 23.8 Å². The Morgan fingerprint density at radius 1 is 1.43 bits per heavy atom. The number of rotatable bonds is 4. The Morgan fingerprint density at radius 3 is 2.70 bits per heavy atom. The van der Waals surface area contributed by atoms with Crippen molar-refractivity contribution in [3.8, 4) is 0 Å². The molecule has 1 fully saturated rings. The zero-order chi connectivity index (χ0) is 17.2. The molecule has 0 saturated carbocycles. The van der Waals surface area contributed by atoms with Gasteiger partial charge >= 0.3 is 6.18 Å². The van der Waals surface area contributed by atoms with Crippen molar-refractivity contribution >= 4 is 17.5 Å². The minimum Gasteiger partial charge on any atom is -0.396 e. The van der Waals surface area contributed by atoms with Crippen LogP contribution in [0.4, 0.5) is 13.2 Å². The Kier molecular flexibility index (Phi) is 5.54. The van der Waals surface area contributed by atoms with Crippen LogP contribution in [0.3, 0.4) is 0 Å². The van der Waals surface area contributed by atoms with Crippen LogP contribution in [0.25, 0.3) is 0 Å². The zero-order valence-electron chi connectivity index (χ0n) is 12.5. The van der Waals surface area contributed by atoms with E-state index in [1.807, 2.05) is 4.90 Å². The van der Waals surface area contributed by atoms with Gasteiger partial charge in [0.2, 0.25) is 5.91 Å². The van der Waals surface area contributed by atoms with Crippen LogP contribution in [0.5, 0.6) is 0 Å². The number of carbonyl (C=O) groups excluding carboxylic acids is 1. The summed E-state index contributed by atoms with van der Waals surface area (Å²) in [5.74, 6) is -0.796. The molecule has 1 amide bonds. The molecule has 2 atom stereocenters. The molecule has 0 spiro atoms. The molecule has 0 radical (unpaired) electrons. The summed E-state index contributed by atoms with van der Waals surface area (Å²) < 4.78 is 38.4. The summed E-state index contributed by atoms with van der Waals surface area (Å²) in [6.45, 7) is 0.857. The lowest BCUT2D eigenvalue weighted by Gasteiger charge is -2.18. The fourth-order valence-corrected chi connectivity index (χ4v) is 3.05. The molecule has 1 heterocycles. The molecule has 1 aliphatic heterocycles. The second-order valence-corrected chi connectivity index (χ2v) is 6.07. The van der Waals surface area contributed by atoms with Crippen molar-refractivity contribution in [2.45, 2.75) is 12.7 Å². The van der Waals surface area contributed by atoms with E-state index in [9.17, 15) is 23.1 Å². The predicted octanol–water partition coefficient (Wildman–Crippen LogP) is 2.15. The molecule has 2 N–H and O–H groups in total. The maximum atomic E-state index is 12.8. The lowest BCUT2D eigenvalue weighted by Crippen LogP contribution is -2.33. The van der Waals surface area contributed by atoms with Crippen molar-refractivity contribution < 1.29 is 23.1 Å². The molecule has 8 heteroatoms. The van der Waals surface area contributed by atoms with Crippen LogP contribution in [-0.4, -0.2) is 42.7 Å². The van der Waals surface area contributed by atoms with E-state index in [1.165, 1.54) is 13.1 Å². The van der Waals surface area contributed by atoms with Gasteiger partial charge in [-0.1, -0.05) is 11.6 Å². The summed E-state index contributed by atoms with van der Waals surface area (Å²) in [7, 11) is 1.52. The lowest BCUT2D eigenvalue weighted by molar-refractivity contribution is -0.137. The topological polar surface area (TPSA) is 52.6 Å². The van der Waals surface area contributed by atoms with E-state index in [1.54, 1.807) is 0 Å². The summed E-state index contributed by atoms with van der Waals surface area (Å²) in [6, 6.07) is 3.21. The molecule has 1 aromatic carbocycles. The normalized spacial score (nSPS) is 22.3. The lowest BCUT2D eigenvalue weighted by atomic mass is 9.96. The number of nitrogens with one attached hydrogen (secondary N) is 1. The first kappa shape index (κ1) is 18.0. The highest BCUT2D eigenvalue weighted by Crippen LogP contribution is 2.33. The Balaban J connectivity index is 2.15. The van der Waals surface area contributed by atoms with Crippen molar-refractivity contribution in [1.82, 2.24) is 10.2 Å². The molecule has 0 aromatic heterocycles. The summed E-state index contributed by atoms with van der Waals surface area (Å²) in [4.78, 5) is 13.6. The molecule has 2 rings (SSSR count). The van der Waals surface area contributed by atoms with Gasteiger partial charge in [0.1, 0.15) is 0 Å². The number of aliphatic hydroxyl groups is 1. The van der Waals surface area contributed by atoms with Gasteiger partial charge in [0.25, 0.3) is 0 Å². The first-order valence-corrected chi connectivity index (χ1v) is 7.54. The van der Waals surface area contributed by atoms with Gasteiger partial charge in [0, 0.05) is 44.2 Å². The molecule has 1 aliphatic rings. The Hall–Kier alpha value is -1.31. The third-order valence-corrected chi connectivity index (χ3v) is 4.47. The molecule has 0 bridgehead atoms. The molecule has 0 aliphatic carbocycles. The van der Waals surface area contributed by atoms with Crippen molar-refractivity contribution in [3.63, 3.8) is 0 Å². The van der Waals surface area contributed by atoms with Gasteiger partial charge in [0.15, 0.2) is 0 Å². The second kappa shape index (κ2) is 7.07. The van der Waals surface area contributed by atoms with Gasteiger partial charge in [-0.3, -0.25) is 9.69 Å². The van der Waals surface area contributed by atoms with Crippen molar-refractivity contribution in [2.24, 2.45) is 11.8 Å². The third kappa shape index (κ3) is 4.16. The highest BCUT2D eigenvalue weighted by atomic mass is 35.5. The summed E-state index contributed by atoms with van der Waals surface area (Å²) in [5.41, 5.74) is -0.395. The fraction of sp³-hybridized carbons (Fsp3) is 0.533.